The van der Waals surface area contributed by atoms with Gasteiger partial charge in [0.05, 0.1) is 10.8 Å². The van der Waals surface area contributed by atoms with Gasteiger partial charge in [0.1, 0.15) is 23.8 Å². The molecule has 1 aliphatic carbocycles. The zero-order valence-electron chi connectivity index (χ0n) is 30.6. The molecular formula is C41H42F3N7O4. The Morgan fingerprint density at radius 2 is 1.69 bits per heavy atom. The number of anilines is 2. The molecule has 0 unspecified atom stereocenters. The van der Waals surface area contributed by atoms with Crippen molar-refractivity contribution in [3.8, 4) is 0 Å². The van der Waals surface area contributed by atoms with E-state index in [1.807, 2.05) is 62.5 Å². The molecule has 4 amide bonds. The van der Waals surface area contributed by atoms with Crippen molar-refractivity contribution in [3.63, 3.8) is 0 Å². The highest BCUT2D eigenvalue weighted by Gasteiger charge is 2.51. The smallest absolute Gasteiger partial charge is 0.337 e. The summed E-state index contributed by atoms with van der Waals surface area (Å²) in [4.78, 5) is 65.9. The molecule has 55 heavy (non-hydrogen) atoms. The molecule has 14 heteroatoms. The zero-order valence-corrected chi connectivity index (χ0v) is 30.6. The maximum absolute atomic E-state index is 14.7. The first-order valence-electron chi connectivity index (χ1n) is 18.4. The van der Waals surface area contributed by atoms with E-state index in [-0.39, 0.29) is 56.5 Å². The summed E-state index contributed by atoms with van der Waals surface area (Å²) in [7, 11) is 1.83. The number of carbonyl (C=O) groups excluding carboxylic acids is 4. The lowest BCUT2D eigenvalue weighted by Crippen LogP contribution is -2.52. The number of fused-ring (bicyclic) bond motifs is 3. The van der Waals surface area contributed by atoms with E-state index in [0.717, 1.165) is 39.9 Å². The van der Waals surface area contributed by atoms with Gasteiger partial charge in [-0.25, -0.2) is 9.97 Å². The van der Waals surface area contributed by atoms with Crippen molar-refractivity contribution >= 4 is 35.1 Å². The molecule has 2 aliphatic heterocycles. The fourth-order valence-electron chi connectivity index (χ4n) is 8.26. The maximum atomic E-state index is 14.7. The Kier molecular flexibility index (Phi) is 10.2. The number of benzene rings is 2. The Hall–Kier alpha value is -5.63. The van der Waals surface area contributed by atoms with Crippen LogP contribution in [0.3, 0.4) is 0 Å². The summed E-state index contributed by atoms with van der Waals surface area (Å²) in [5.41, 5.74) is 2.11. The maximum Gasteiger partial charge on any atom is 0.433 e. The number of rotatable bonds is 10. The molecule has 2 aromatic carbocycles. The Balaban J connectivity index is 1.09. The van der Waals surface area contributed by atoms with Crippen molar-refractivity contribution in [2.24, 2.45) is 5.41 Å². The minimum atomic E-state index is -4.69. The molecule has 1 spiro atoms. The number of hydrogen-bond donors (Lipinski definition) is 3. The molecule has 0 radical (unpaired) electrons. The van der Waals surface area contributed by atoms with Crippen LogP contribution in [0.15, 0.2) is 79.0 Å². The van der Waals surface area contributed by atoms with Crippen LogP contribution in [0.5, 0.6) is 0 Å². The average Bonchev–Trinajstić information content (AvgIpc) is 3.70. The number of aromatic nitrogens is 2. The number of halogens is 3. The predicted octanol–water partition coefficient (Wildman–Crippen LogP) is 5.50. The molecular weight excluding hydrogens is 711 g/mol. The highest BCUT2D eigenvalue weighted by Crippen LogP contribution is 2.47. The molecule has 4 aromatic rings. The van der Waals surface area contributed by atoms with Gasteiger partial charge >= 0.3 is 6.18 Å². The molecule has 2 aromatic heterocycles. The lowest BCUT2D eigenvalue weighted by molar-refractivity contribution is -0.148. The van der Waals surface area contributed by atoms with Gasteiger partial charge in [-0.15, -0.1) is 0 Å². The lowest BCUT2D eigenvalue weighted by atomic mass is 9.74. The SMILES string of the molecule is CCC1(C(=O)N(CC(=O)Nc2ccc3c(c2)C[C@@]2(C3)C(=O)Nc3ncccc32)Cc2ccccc2CNC)CCN(C(=O)c2cccc(C(F)(F)F)n2)CC1. The van der Waals surface area contributed by atoms with Gasteiger partial charge in [-0.05, 0) is 91.7 Å². The Bertz CT molecular complexity index is 2150. The summed E-state index contributed by atoms with van der Waals surface area (Å²) in [5, 5.41) is 9.05. The molecule has 1 fully saturated rings. The van der Waals surface area contributed by atoms with Gasteiger partial charge in [-0.2, -0.15) is 13.2 Å². The highest BCUT2D eigenvalue weighted by atomic mass is 19.4. The molecule has 4 heterocycles. The first-order chi connectivity index (χ1) is 26.4. The first-order valence-corrected chi connectivity index (χ1v) is 18.4. The summed E-state index contributed by atoms with van der Waals surface area (Å²) in [6.07, 6.45) is -1.09. The van der Waals surface area contributed by atoms with Crippen LogP contribution >= 0.6 is 0 Å². The number of carbonyl (C=O) groups is 4. The number of piperidine rings is 1. The van der Waals surface area contributed by atoms with Crippen molar-refractivity contribution in [2.45, 2.75) is 63.7 Å². The van der Waals surface area contributed by atoms with Crippen molar-refractivity contribution in [2.75, 3.05) is 37.3 Å². The third-order valence-electron chi connectivity index (χ3n) is 11.3. The van der Waals surface area contributed by atoms with Crippen molar-refractivity contribution in [3.05, 3.63) is 118 Å². The number of alkyl halides is 3. The summed E-state index contributed by atoms with van der Waals surface area (Å²) in [5.74, 6) is -0.776. The second kappa shape index (κ2) is 14.9. The third-order valence-corrected chi connectivity index (χ3v) is 11.3. The largest absolute Gasteiger partial charge is 0.433 e. The fraction of sp³-hybridized carbons (Fsp3) is 0.366. The fourth-order valence-corrected chi connectivity index (χ4v) is 8.26. The van der Waals surface area contributed by atoms with Crippen LogP contribution in [0.25, 0.3) is 0 Å². The standard InChI is InChI=1S/C41H42F3N7O4/c1-3-39(15-18-50(19-16-39)36(53)32-11-6-12-33(48-32)41(42,43)44)38(55)51(24-28-9-5-4-8-27(28)23-45-2)25-34(52)47-30-14-13-26-21-40(22-29(26)20-30)31-10-7-17-46-35(31)49-37(40)54/h4-14,17,20,45H,3,15-16,18-19,21-25H2,1-2H3,(H,47,52)(H,46,49,54)/t40-/m1/s1. The second-order valence-corrected chi connectivity index (χ2v) is 14.6. The molecule has 7 rings (SSSR count). The molecule has 11 nitrogen and oxygen atoms in total. The van der Waals surface area contributed by atoms with Crippen molar-refractivity contribution in [1.29, 1.82) is 0 Å². The van der Waals surface area contributed by atoms with Gasteiger partial charge in [0.15, 0.2) is 0 Å². The van der Waals surface area contributed by atoms with Crippen LogP contribution in [0.4, 0.5) is 24.7 Å². The van der Waals surface area contributed by atoms with Crippen LogP contribution in [0.1, 0.15) is 70.2 Å². The number of pyridine rings is 2. The minimum absolute atomic E-state index is 0.0944. The molecule has 0 bridgehead atoms. The predicted molar refractivity (Wildman–Crippen MR) is 199 cm³/mol. The van der Waals surface area contributed by atoms with Crippen LogP contribution in [0, 0.1) is 5.41 Å². The van der Waals surface area contributed by atoms with E-state index in [1.54, 1.807) is 17.2 Å². The number of hydrogen-bond acceptors (Lipinski definition) is 7. The number of nitrogens with zero attached hydrogens (tertiary/aromatic N) is 4. The van der Waals surface area contributed by atoms with E-state index in [2.05, 4.69) is 25.9 Å². The summed E-state index contributed by atoms with van der Waals surface area (Å²) in [6.45, 7) is 2.65. The molecule has 286 valence electrons. The van der Waals surface area contributed by atoms with E-state index in [1.165, 1.54) is 11.0 Å². The molecule has 0 saturated carbocycles. The van der Waals surface area contributed by atoms with Crippen LogP contribution in [-0.4, -0.2) is 70.1 Å². The molecule has 1 saturated heterocycles. The zero-order chi connectivity index (χ0) is 39.0. The van der Waals surface area contributed by atoms with Crippen molar-refractivity contribution in [1.82, 2.24) is 25.1 Å². The lowest BCUT2D eigenvalue weighted by Gasteiger charge is -2.42. The normalized spacial score (nSPS) is 18.4. The van der Waals surface area contributed by atoms with Gasteiger partial charge in [0.2, 0.25) is 17.7 Å². The van der Waals surface area contributed by atoms with E-state index in [9.17, 15) is 32.3 Å². The monoisotopic (exact) mass is 753 g/mol. The minimum Gasteiger partial charge on any atom is -0.337 e. The molecule has 1 atom stereocenters. The van der Waals surface area contributed by atoms with Gasteiger partial charge in [0.25, 0.3) is 5.91 Å². The summed E-state index contributed by atoms with van der Waals surface area (Å²) in [6, 6.07) is 20.3. The van der Waals surface area contributed by atoms with E-state index in [0.29, 0.717) is 37.3 Å². The molecule has 3 aliphatic rings. The Labute approximate surface area is 316 Å². The number of amides is 4. The average molecular weight is 754 g/mol. The van der Waals surface area contributed by atoms with Gasteiger partial charge < -0.3 is 25.8 Å². The highest BCUT2D eigenvalue weighted by molar-refractivity contribution is 6.06. The van der Waals surface area contributed by atoms with Crippen LogP contribution < -0.4 is 16.0 Å². The Morgan fingerprint density at radius 1 is 0.945 bits per heavy atom. The number of nitrogens with one attached hydrogen (secondary N) is 3. The number of likely N-dealkylation sites (tertiary alicyclic amines) is 1. The van der Waals surface area contributed by atoms with Crippen LogP contribution in [-0.2, 0) is 51.9 Å². The third kappa shape index (κ3) is 7.30. The topological polar surface area (TPSA) is 137 Å². The van der Waals surface area contributed by atoms with E-state index >= 15 is 0 Å². The van der Waals surface area contributed by atoms with Gasteiger partial charge in [-0.3, -0.25) is 19.2 Å². The first kappa shape index (κ1) is 37.7. The van der Waals surface area contributed by atoms with Crippen molar-refractivity contribution < 1.29 is 32.3 Å². The van der Waals surface area contributed by atoms with E-state index < -0.39 is 34.5 Å². The second-order valence-electron chi connectivity index (χ2n) is 14.6. The van der Waals surface area contributed by atoms with Gasteiger partial charge in [0, 0.05) is 43.6 Å². The van der Waals surface area contributed by atoms with Gasteiger partial charge in [-0.1, -0.05) is 49.4 Å². The Morgan fingerprint density at radius 3 is 2.42 bits per heavy atom. The summed E-state index contributed by atoms with van der Waals surface area (Å²) >= 11 is 0. The summed E-state index contributed by atoms with van der Waals surface area (Å²) < 4.78 is 39.9. The molecule has 3 N–H and O–H groups in total. The van der Waals surface area contributed by atoms with Crippen LogP contribution in [0.2, 0.25) is 0 Å². The van der Waals surface area contributed by atoms with E-state index in [4.69, 9.17) is 0 Å². The quantitative estimate of drug-likeness (QED) is 0.195.